The Kier molecular flexibility index (Phi) is 6.47. The van der Waals surface area contributed by atoms with E-state index in [0.29, 0.717) is 0 Å². The van der Waals surface area contributed by atoms with Crippen molar-refractivity contribution in [3.63, 3.8) is 0 Å². The summed E-state index contributed by atoms with van der Waals surface area (Å²) in [5.41, 5.74) is -1.23. The summed E-state index contributed by atoms with van der Waals surface area (Å²) in [5, 5.41) is 16.7. The van der Waals surface area contributed by atoms with Gasteiger partial charge in [0.1, 0.15) is 0 Å². The van der Waals surface area contributed by atoms with Crippen LogP contribution in [-0.4, -0.2) is 48.2 Å². The normalized spacial score (nSPS) is 11.1. The molecule has 0 bridgehead atoms. The first-order valence-electron chi connectivity index (χ1n) is 5.12. The molecule has 0 aliphatic heterocycles. The van der Waals surface area contributed by atoms with Crippen LogP contribution in [0.15, 0.2) is 10.5 Å². The van der Waals surface area contributed by atoms with Crippen LogP contribution in [0.1, 0.15) is 20.8 Å². The van der Waals surface area contributed by atoms with Crippen molar-refractivity contribution in [3.05, 3.63) is 0 Å². The molecule has 9 nitrogen and oxygen atoms in total. The molecule has 0 radical (unpaired) electrons. The van der Waals surface area contributed by atoms with E-state index in [2.05, 4.69) is 24.8 Å². The van der Waals surface area contributed by atoms with Gasteiger partial charge in [0.15, 0.2) is 5.54 Å². The van der Waals surface area contributed by atoms with Crippen molar-refractivity contribution >= 4 is 12.1 Å². The van der Waals surface area contributed by atoms with Crippen molar-refractivity contribution < 1.29 is 29.0 Å². The number of carbonyl (C=O) groups excluding carboxylic acids is 1. The summed E-state index contributed by atoms with van der Waals surface area (Å²) in [4.78, 5) is 26.0. The quantitative estimate of drug-likeness (QED) is 0.241. The molecule has 0 aliphatic carbocycles. The molecule has 0 atom stereocenters. The highest BCUT2D eigenvalue weighted by Crippen LogP contribution is 2.12. The second kappa shape index (κ2) is 7.30. The Morgan fingerprint density at radius 2 is 1.94 bits per heavy atom. The summed E-state index contributed by atoms with van der Waals surface area (Å²) in [6, 6.07) is 0. The molecule has 0 saturated carbocycles. The molecule has 0 heterocycles. The third kappa shape index (κ3) is 5.32. The smallest absolute Gasteiger partial charge is 0.479 e. The van der Waals surface area contributed by atoms with Crippen LogP contribution in [0.4, 0.5) is 4.79 Å². The van der Waals surface area contributed by atoms with Crippen molar-refractivity contribution in [1.82, 2.24) is 5.01 Å². The van der Waals surface area contributed by atoms with E-state index in [1.807, 2.05) is 0 Å². The van der Waals surface area contributed by atoms with Crippen molar-refractivity contribution in [3.8, 4) is 0 Å². The average Bonchev–Trinajstić information content (AvgIpc) is 2.28. The third-order valence-electron chi connectivity index (χ3n) is 2.05. The Morgan fingerprint density at radius 3 is 2.44 bits per heavy atom. The number of hydrogen-bond donors (Lipinski definition) is 1. The second-order valence-electron chi connectivity index (χ2n) is 3.63. The van der Waals surface area contributed by atoms with Gasteiger partial charge >= 0.3 is 12.1 Å². The lowest BCUT2D eigenvalue weighted by atomic mass is 10.1. The third-order valence-corrected chi connectivity index (χ3v) is 2.05. The van der Waals surface area contributed by atoms with Gasteiger partial charge in [-0.05, 0) is 26.0 Å². The summed E-state index contributed by atoms with van der Waals surface area (Å²) in [6.07, 6.45) is -0.882. The van der Waals surface area contributed by atoms with Crippen LogP contribution in [0, 0.1) is 0 Å². The van der Waals surface area contributed by atoms with Crippen molar-refractivity contribution in [2.24, 2.45) is 10.5 Å². The Balaban J connectivity index is 3.97. The molecule has 104 valence electrons. The van der Waals surface area contributed by atoms with Gasteiger partial charge < -0.3 is 19.4 Å². The van der Waals surface area contributed by atoms with Crippen LogP contribution in [0.5, 0.6) is 0 Å². The molecule has 0 aliphatic rings. The number of carboxylic acids is 1. The van der Waals surface area contributed by atoms with Crippen LogP contribution in [0.3, 0.4) is 0 Å². The van der Waals surface area contributed by atoms with E-state index in [0.717, 1.165) is 5.01 Å². The summed E-state index contributed by atoms with van der Waals surface area (Å²) in [5.74, 6) is -1.06. The summed E-state index contributed by atoms with van der Waals surface area (Å²) >= 11 is 0. The Bertz CT molecular complexity index is 317. The predicted octanol–water partition coefficient (Wildman–Crippen LogP) is 1.21. The molecule has 0 spiro atoms. The first-order chi connectivity index (χ1) is 8.32. The standard InChI is InChI=1S/C9H17N3O6/c1-5-16-8(15)17-6-18-11-10-12(4)9(2,3)7(13)14/h5-6H2,1-4H3,(H,13,14)/b11-10-. The maximum Gasteiger partial charge on any atom is 0.511 e. The SMILES string of the molecule is CCOC(=O)OCO/N=N\N(C)C(C)(C)C(=O)O. The summed E-state index contributed by atoms with van der Waals surface area (Å²) in [6.45, 7) is 4.25. The van der Waals surface area contributed by atoms with Crippen LogP contribution >= 0.6 is 0 Å². The zero-order valence-electron chi connectivity index (χ0n) is 10.7. The van der Waals surface area contributed by atoms with Gasteiger partial charge in [-0.15, -0.1) is 0 Å². The molecule has 0 amide bonds. The fraction of sp³-hybridized carbons (Fsp3) is 0.778. The van der Waals surface area contributed by atoms with Crippen LogP contribution in [0.25, 0.3) is 0 Å². The van der Waals surface area contributed by atoms with E-state index >= 15 is 0 Å². The topological polar surface area (TPSA) is 110 Å². The van der Waals surface area contributed by atoms with Crippen molar-refractivity contribution in [2.75, 3.05) is 20.4 Å². The van der Waals surface area contributed by atoms with Gasteiger partial charge in [0.2, 0.25) is 0 Å². The highest BCUT2D eigenvalue weighted by atomic mass is 16.8. The monoisotopic (exact) mass is 263 g/mol. The largest absolute Gasteiger partial charge is 0.511 e. The molecular weight excluding hydrogens is 246 g/mol. The number of likely N-dealkylation sites (N-methyl/N-ethyl adjacent to an activating group) is 1. The molecule has 1 N–H and O–H groups in total. The number of ether oxygens (including phenoxy) is 2. The maximum atomic E-state index is 10.8. The van der Waals surface area contributed by atoms with E-state index in [-0.39, 0.29) is 6.61 Å². The summed E-state index contributed by atoms with van der Waals surface area (Å²) < 4.78 is 8.88. The Labute approximate surface area is 104 Å². The predicted molar refractivity (Wildman–Crippen MR) is 58.4 cm³/mol. The first-order valence-corrected chi connectivity index (χ1v) is 5.12. The Morgan fingerprint density at radius 1 is 1.33 bits per heavy atom. The number of nitrogens with zero attached hydrogens (tertiary/aromatic N) is 3. The van der Waals surface area contributed by atoms with Crippen LogP contribution in [-0.2, 0) is 19.1 Å². The van der Waals surface area contributed by atoms with E-state index in [4.69, 9.17) is 5.11 Å². The van der Waals surface area contributed by atoms with E-state index in [1.165, 1.54) is 20.9 Å². The second-order valence-corrected chi connectivity index (χ2v) is 3.63. The first kappa shape index (κ1) is 15.9. The highest BCUT2D eigenvalue weighted by molar-refractivity contribution is 5.77. The van der Waals surface area contributed by atoms with Gasteiger partial charge in [-0.25, -0.2) is 9.59 Å². The summed E-state index contributed by atoms with van der Waals surface area (Å²) in [7, 11) is 1.42. The van der Waals surface area contributed by atoms with Gasteiger partial charge in [0, 0.05) is 12.3 Å². The van der Waals surface area contributed by atoms with Crippen molar-refractivity contribution in [2.45, 2.75) is 26.3 Å². The van der Waals surface area contributed by atoms with E-state index < -0.39 is 24.5 Å². The minimum absolute atomic E-state index is 0.190. The Hall–Kier alpha value is -2.06. The molecule has 0 aromatic rings. The zero-order valence-corrected chi connectivity index (χ0v) is 10.7. The number of aliphatic carboxylic acids is 1. The lowest BCUT2D eigenvalue weighted by Gasteiger charge is -2.26. The zero-order chi connectivity index (χ0) is 14.2. The fourth-order valence-electron chi connectivity index (χ4n) is 0.588. The molecule has 0 aromatic carbocycles. The fourth-order valence-corrected chi connectivity index (χ4v) is 0.588. The average molecular weight is 263 g/mol. The van der Waals surface area contributed by atoms with E-state index in [1.54, 1.807) is 6.92 Å². The van der Waals surface area contributed by atoms with Gasteiger partial charge in [0.25, 0.3) is 6.79 Å². The number of carboxylic acid groups (broad SMARTS) is 1. The van der Waals surface area contributed by atoms with E-state index in [9.17, 15) is 9.59 Å². The number of hydrogen-bond acceptors (Lipinski definition) is 7. The molecule has 0 aromatic heterocycles. The molecule has 0 saturated heterocycles. The minimum Gasteiger partial charge on any atom is -0.479 e. The number of rotatable bonds is 7. The number of carbonyl (C=O) groups is 2. The maximum absolute atomic E-state index is 10.8. The molecule has 18 heavy (non-hydrogen) atoms. The van der Waals surface area contributed by atoms with Crippen LogP contribution < -0.4 is 0 Å². The lowest BCUT2D eigenvalue weighted by Crippen LogP contribution is -2.44. The molecule has 0 unspecified atom stereocenters. The molecule has 0 fully saturated rings. The van der Waals surface area contributed by atoms with Crippen LogP contribution in [0.2, 0.25) is 0 Å². The lowest BCUT2D eigenvalue weighted by molar-refractivity contribution is -0.149. The molecule has 0 rings (SSSR count). The van der Waals surface area contributed by atoms with Gasteiger partial charge in [-0.2, -0.15) is 0 Å². The van der Waals surface area contributed by atoms with Gasteiger partial charge in [-0.3, -0.25) is 5.01 Å². The minimum atomic E-state index is -1.23. The molecule has 9 heteroatoms. The molecular formula is C9H17N3O6. The highest BCUT2D eigenvalue weighted by Gasteiger charge is 2.32. The van der Waals surface area contributed by atoms with Crippen molar-refractivity contribution in [1.29, 1.82) is 0 Å². The van der Waals surface area contributed by atoms with Gasteiger partial charge in [-0.1, -0.05) is 0 Å². The van der Waals surface area contributed by atoms with Gasteiger partial charge in [0.05, 0.1) is 6.61 Å².